The van der Waals surface area contributed by atoms with Gasteiger partial charge >= 0.3 is 5.97 Å². The van der Waals surface area contributed by atoms with Gasteiger partial charge in [0.1, 0.15) is 5.02 Å². The van der Waals surface area contributed by atoms with Crippen LogP contribution in [0.1, 0.15) is 44.1 Å². The highest BCUT2D eigenvalue weighted by atomic mass is 35.5. The molecule has 1 aromatic carbocycles. The minimum atomic E-state index is -0.540. The van der Waals surface area contributed by atoms with Crippen molar-refractivity contribution in [2.45, 2.75) is 38.5 Å². The van der Waals surface area contributed by atoms with Crippen LogP contribution in [0, 0.1) is 33.3 Å². The third-order valence-corrected chi connectivity index (χ3v) is 6.90. The van der Waals surface area contributed by atoms with Crippen LogP contribution in [0.4, 0.5) is 5.69 Å². The van der Waals surface area contributed by atoms with E-state index >= 15 is 0 Å². The number of esters is 1. The van der Waals surface area contributed by atoms with Crippen LogP contribution in [0.2, 0.25) is 5.02 Å². The summed E-state index contributed by atoms with van der Waals surface area (Å²) in [5.41, 5.74) is 0.431. The van der Waals surface area contributed by atoms with E-state index in [1.807, 2.05) is 0 Å². The number of ether oxygens (including phenoxy) is 1. The highest BCUT2D eigenvalue weighted by Gasteiger charge is 2.55. The second-order valence-electron chi connectivity index (χ2n) is 8.50. The van der Waals surface area contributed by atoms with Crippen LogP contribution in [-0.2, 0) is 9.53 Å². The summed E-state index contributed by atoms with van der Waals surface area (Å²) in [7, 11) is 0. The molecular formula is C20H19ClN2O4. The van der Waals surface area contributed by atoms with E-state index in [4.69, 9.17) is 16.3 Å². The van der Waals surface area contributed by atoms with Gasteiger partial charge in [0, 0.05) is 11.5 Å². The van der Waals surface area contributed by atoms with Gasteiger partial charge in [0.15, 0.2) is 5.70 Å². The van der Waals surface area contributed by atoms with Gasteiger partial charge in [-0.25, -0.2) is 9.79 Å². The van der Waals surface area contributed by atoms with E-state index in [2.05, 4.69) is 4.99 Å². The first-order valence-corrected chi connectivity index (χ1v) is 9.77. The van der Waals surface area contributed by atoms with Gasteiger partial charge in [0.25, 0.3) is 5.69 Å². The lowest BCUT2D eigenvalue weighted by atomic mass is 9.49. The molecule has 4 saturated carbocycles. The van der Waals surface area contributed by atoms with Gasteiger partial charge in [0.2, 0.25) is 5.90 Å². The summed E-state index contributed by atoms with van der Waals surface area (Å²) in [5.74, 6) is 2.28. The molecule has 4 fully saturated rings. The Bertz CT molecular complexity index is 885. The van der Waals surface area contributed by atoms with Crippen LogP contribution in [0.5, 0.6) is 0 Å². The summed E-state index contributed by atoms with van der Waals surface area (Å²) < 4.78 is 5.62. The Kier molecular flexibility index (Phi) is 3.69. The maximum absolute atomic E-state index is 12.4. The number of carbonyl (C=O) groups excluding carboxylic acids is 1. The number of hydrogen-bond acceptors (Lipinski definition) is 5. The van der Waals surface area contributed by atoms with Crippen LogP contribution in [-0.4, -0.2) is 16.8 Å². The lowest BCUT2D eigenvalue weighted by Crippen LogP contribution is -2.50. The van der Waals surface area contributed by atoms with Crippen LogP contribution < -0.4 is 0 Å². The molecule has 140 valence electrons. The smallest absolute Gasteiger partial charge is 0.363 e. The highest BCUT2D eigenvalue weighted by molar-refractivity contribution is 6.32. The van der Waals surface area contributed by atoms with Crippen molar-refractivity contribution >= 4 is 35.2 Å². The van der Waals surface area contributed by atoms with Crippen LogP contribution in [0.3, 0.4) is 0 Å². The summed E-state index contributed by atoms with van der Waals surface area (Å²) in [6.45, 7) is 0. The SMILES string of the molecule is O=C1OC(C23CC4CC(CC(C4)C2)C3)=N/C1=C/c1ccc(Cl)c([N+](=O)[O-])c1. The number of rotatable bonds is 3. The topological polar surface area (TPSA) is 81.8 Å². The zero-order chi connectivity index (χ0) is 18.8. The zero-order valence-corrected chi connectivity index (χ0v) is 15.4. The van der Waals surface area contributed by atoms with Crippen molar-refractivity contribution in [1.82, 2.24) is 0 Å². The van der Waals surface area contributed by atoms with Gasteiger partial charge in [-0.05, 0) is 74.0 Å². The van der Waals surface area contributed by atoms with Gasteiger partial charge in [0.05, 0.1) is 4.92 Å². The van der Waals surface area contributed by atoms with Gasteiger partial charge in [-0.15, -0.1) is 0 Å². The minimum Gasteiger partial charge on any atom is -0.406 e. The summed E-state index contributed by atoms with van der Waals surface area (Å²) in [6.07, 6.45) is 8.63. The molecule has 1 aliphatic heterocycles. The molecule has 0 unspecified atom stereocenters. The fraction of sp³-hybridized carbons (Fsp3) is 0.500. The monoisotopic (exact) mass is 386 g/mol. The summed E-state index contributed by atoms with van der Waals surface area (Å²) in [4.78, 5) is 27.5. The Balaban J connectivity index is 1.47. The second kappa shape index (κ2) is 5.89. The van der Waals surface area contributed by atoms with E-state index in [0.717, 1.165) is 37.0 Å². The molecule has 0 amide bonds. The lowest BCUT2D eigenvalue weighted by molar-refractivity contribution is -0.384. The highest BCUT2D eigenvalue weighted by Crippen LogP contribution is 2.61. The Morgan fingerprint density at radius 2 is 1.81 bits per heavy atom. The lowest BCUT2D eigenvalue weighted by Gasteiger charge is -2.55. The molecule has 27 heavy (non-hydrogen) atoms. The number of cyclic esters (lactones) is 1. The minimum absolute atomic E-state index is 0.0638. The average Bonchev–Trinajstić information content (AvgIpc) is 2.97. The predicted octanol–water partition coefficient (Wildman–Crippen LogP) is 4.76. The second-order valence-corrected chi connectivity index (χ2v) is 8.91. The van der Waals surface area contributed by atoms with Gasteiger partial charge in [-0.1, -0.05) is 17.7 Å². The zero-order valence-electron chi connectivity index (χ0n) is 14.7. The van der Waals surface area contributed by atoms with E-state index < -0.39 is 10.9 Å². The number of nitrogens with zero attached hydrogens (tertiary/aromatic N) is 2. The van der Waals surface area contributed by atoms with E-state index in [9.17, 15) is 14.9 Å². The molecule has 0 atom stereocenters. The first-order chi connectivity index (χ1) is 12.9. The first-order valence-electron chi connectivity index (χ1n) is 9.39. The van der Waals surface area contributed by atoms with E-state index in [1.165, 1.54) is 31.4 Å². The van der Waals surface area contributed by atoms with Crippen molar-refractivity contribution in [3.63, 3.8) is 0 Å². The van der Waals surface area contributed by atoms with Crippen LogP contribution in [0.15, 0.2) is 28.9 Å². The standard InChI is InChI=1S/C20H19ClN2O4/c21-15-2-1-11(7-17(15)23(25)26)6-16-18(24)27-19(22-16)20-8-12-3-13(9-20)5-14(4-12)10-20/h1-2,6-7,12-14H,3-5,8-10H2/b16-6+. The molecule has 0 aromatic heterocycles. The number of halogens is 1. The molecule has 4 aliphatic carbocycles. The normalized spacial score (nSPS) is 35.4. The molecule has 0 spiro atoms. The number of aliphatic imine (C=N–C) groups is 1. The number of carbonyl (C=O) groups is 1. The number of hydrogen-bond donors (Lipinski definition) is 0. The maximum Gasteiger partial charge on any atom is 0.363 e. The Morgan fingerprint density at radius 1 is 1.19 bits per heavy atom. The Hall–Kier alpha value is -2.21. The Morgan fingerprint density at radius 3 is 2.41 bits per heavy atom. The molecule has 6 rings (SSSR count). The first kappa shape index (κ1) is 16.9. The van der Waals surface area contributed by atoms with Crippen LogP contribution >= 0.6 is 11.6 Å². The fourth-order valence-electron chi connectivity index (χ4n) is 5.93. The fourth-order valence-corrected chi connectivity index (χ4v) is 6.11. The molecule has 1 heterocycles. The quantitative estimate of drug-likeness (QED) is 0.324. The van der Waals surface area contributed by atoms with Gasteiger partial charge in [-0.2, -0.15) is 0 Å². The van der Waals surface area contributed by atoms with E-state index in [0.29, 0.717) is 11.5 Å². The molecule has 5 aliphatic rings. The molecule has 7 heteroatoms. The number of benzene rings is 1. The molecular weight excluding hydrogens is 368 g/mol. The Labute approximate surface area is 161 Å². The van der Waals surface area contributed by atoms with Gasteiger partial charge in [-0.3, -0.25) is 10.1 Å². The van der Waals surface area contributed by atoms with Crippen molar-refractivity contribution in [1.29, 1.82) is 0 Å². The molecule has 1 aromatic rings. The summed E-state index contributed by atoms with van der Waals surface area (Å²) in [6, 6.07) is 4.44. The molecule has 4 bridgehead atoms. The molecule has 0 N–H and O–H groups in total. The molecule has 0 saturated heterocycles. The summed E-state index contributed by atoms with van der Waals surface area (Å²) in [5, 5.41) is 11.1. The van der Waals surface area contributed by atoms with Crippen molar-refractivity contribution in [3.05, 3.63) is 44.6 Å². The number of nitro benzene ring substituents is 1. The maximum atomic E-state index is 12.4. The average molecular weight is 387 g/mol. The molecule has 6 nitrogen and oxygen atoms in total. The number of nitro groups is 1. The molecule has 0 radical (unpaired) electrons. The predicted molar refractivity (Wildman–Crippen MR) is 100 cm³/mol. The van der Waals surface area contributed by atoms with Crippen molar-refractivity contribution < 1.29 is 14.5 Å². The van der Waals surface area contributed by atoms with E-state index in [1.54, 1.807) is 12.1 Å². The van der Waals surface area contributed by atoms with Crippen molar-refractivity contribution in [3.8, 4) is 0 Å². The largest absolute Gasteiger partial charge is 0.406 e. The summed E-state index contributed by atoms with van der Waals surface area (Å²) >= 11 is 5.85. The van der Waals surface area contributed by atoms with E-state index in [-0.39, 0.29) is 21.8 Å². The third-order valence-electron chi connectivity index (χ3n) is 6.58. The van der Waals surface area contributed by atoms with Crippen LogP contribution in [0.25, 0.3) is 6.08 Å². The van der Waals surface area contributed by atoms with Crippen molar-refractivity contribution in [2.24, 2.45) is 28.2 Å². The third kappa shape index (κ3) is 2.78. The van der Waals surface area contributed by atoms with Gasteiger partial charge < -0.3 is 4.74 Å². The van der Waals surface area contributed by atoms with Crippen molar-refractivity contribution in [2.75, 3.05) is 0 Å².